The molecule has 0 radical (unpaired) electrons. The number of ether oxygens (including phenoxy) is 4. The first kappa shape index (κ1) is 54.4. The number of pyridine rings is 2. The zero-order valence-corrected chi connectivity index (χ0v) is 43.5. The van der Waals surface area contributed by atoms with E-state index in [1.54, 1.807) is 82.9 Å². The molecule has 0 bridgehead atoms. The van der Waals surface area contributed by atoms with Crippen molar-refractivity contribution in [2.75, 3.05) is 13.2 Å². The van der Waals surface area contributed by atoms with Crippen molar-refractivity contribution in [2.45, 2.75) is 78.3 Å². The molecule has 4 heterocycles. The van der Waals surface area contributed by atoms with Gasteiger partial charge in [0.1, 0.15) is 60.5 Å². The minimum absolute atomic E-state index is 0.0103. The second-order valence-electron chi connectivity index (χ2n) is 18.4. The van der Waals surface area contributed by atoms with Crippen molar-refractivity contribution in [1.29, 1.82) is 0 Å². The fraction of sp³-hybridized carbons (Fsp3) is 0.250. The Bertz CT molecular complexity index is 3070. The highest BCUT2D eigenvalue weighted by molar-refractivity contribution is 6.32. The number of aliphatic hydroxyl groups excluding tert-OH is 2. The predicted molar refractivity (Wildman–Crippen MR) is 284 cm³/mol. The van der Waals surface area contributed by atoms with E-state index >= 15 is 0 Å². The van der Waals surface area contributed by atoms with E-state index in [1.807, 2.05) is 74.5 Å². The van der Waals surface area contributed by atoms with Crippen molar-refractivity contribution in [3.63, 3.8) is 0 Å². The first-order valence-electron chi connectivity index (χ1n) is 24.0. The highest BCUT2D eigenvalue weighted by atomic mass is 35.5. The maximum absolute atomic E-state index is 12.0. The lowest BCUT2D eigenvalue weighted by Gasteiger charge is -2.25. The number of benzene rings is 4. The minimum Gasteiger partial charge on any atom is -0.488 e. The van der Waals surface area contributed by atoms with Gasteiger partial charge < -0.3 is 39.4 Å². The Morgan fingerprint density at radius 2 is 0.961 bits per heavy atom. The zero-order chi connectivity index (χ0) is 54.0. The summed E-state index contributed by atoms with van der Waals surface area (Å²) in [7, 11) is 0. The van der Waals surface area contributed by atoms with E-state index in [9.17, 15) is 30.0 Å². The van der Waals surface area contributed by atoms with Gasteiger partial charge in [-0.05, 0) is 97.5 Å². The maximum Gasteiger partial charge on any atom is 0.326 e. The van der Waals surface area contributed by atoms with E-state index < -0.39 is 36.2 Å². The average Bonchev–Trinajstić information content (AvgIpc) is 4.18. The van der Waals surface area contributed by atoms with Gasteiger partial charge in [0.25, 0.3) is 0 Å². The second kappa shape index (κ2) is 24.2. The second-order valence-corrected chi connectivity index (χ2v) is 19.2. The van der Waals surface area contributed by atoms with Crippen LogP contribution in [0.25, 0.3) is 22.8 Å². The molecular weight excluding hydrogens is 1020 g/mol. The molecular formula is C56H56Cl2N8O10. The molecule has 4 aromatic carbocycles. The molecule has 0 saturated heterocycles. The Labute approximate surface area is 448 Å². The van der Waals surface area contributed by atoms with Crippen LogP contribution in [0.2, 0.25) is 10.0 Å². The van der Waals surface area contributed by atoms with Crippen LogP contribution >= 0.6 is 23.2 Å². The fourth-order valence-corrected chi connectivity index (χ4v) is 8.36. The Balaban J connectivity index is 0.988. The number of carboxylic acid groups (broad SMARTS) is 2. The summed E-state index contributed by atoms with van der Waals surface area (Å²) in [6.07, 6.45) is 10.3. The molecule has 0 aliphatic heterocycles. The first-order valence-corrected chi connectivity index (χ1v) is 24.8. The van der Waals surface area contributed by atoms with Crippen molar-refractivity contribution >= 4 is 35.1 Å². The molecule has 6 N–H and O–H groups in total. The van der Waals surface area contributed by atoms with Gasteiger partial charge in [0.15, 0.2) is 11.6 Å². The number of hydrogen-bond acceptors (Lipinski definition) is 14. The molecule has 0 aliphatic rings. The van der Waals surface area contributed by atoms with E-state index in [4.69, 9.17) is 42.1 Å². The van der Waals surface area contributed by atoms with Crippen LogP contribution < -0.4 is 29.6 Å². The van der Waals surface area contributed by atoms with Gasteiger partial charge in [0.05, 0.1) is 23.3 Å². The van der Waals surface area contributed by atoms with Crippen molar-refractivity contribution in [1.82, 2.24) is 40.2 Å². The standard InChI is InChI=1S/C56H56Cl2N8O10/c1-35-39(31-75-49-23-47(41(21-45(49)57)27-61-55(3,33-67)53(69)70)73-29-37-13-15-51(59-25-37)65-19-7-17-63-65)9-5-11-43(35)44-12-6-10-40(36(44)2)32-76-50-24-48(42(22-46(50)58)28-62-56(4,34-68)54(71)72)74-30-38-14-16-52(60-26-38)66-20-8-18-64-66/h5-26,61-62,67-68H,27-34H2,1-4H3,(H,69,70)(H,71,72)/t55-,56-/m0/s1. The third-order valence-corrected chi connectivity index (χ3v) is 13.6. The normalized spacial score (nSPS) is 12.9. The molecule has 4 aromatic heterocycles. The molecule has 0 spiro atoms. The van der Waals surface area contributed by atoms with E-state index in [0.29, 0.717) is 45.8 Å². The lowest BCUT2D eigenvalue weighted by atomic mass is 9.92. The van der Waals surface area contributed by atoms with Crippen LogP contribution in [0.15, 0.2) is 134 Å². The molecule has 8 rings (SSSR count). The molecule has 0 unspecified atom stereocenters. The molecule has 18 nitrogen and oxygen atoms in total. The minimum atomic E-state index is -1.62. The van der Waals surface area contributed by atoms with Crippen LogP contribution in [-0.4, -0.2) is 86.2 Å². The van der Waals surface area contributed by atoms with Crippen LogP contribution in [0.3, 0.4) is 0 Å². The molecule has 0 saturated carbocycles. The van der Waals surface area contributed by atoms with Crippen molar-refractivity contribution < 1.29 is 49.0 Å². The number of nitrogens with zero attached hydrogens (tertiary/aromatic N) is 6. The summed E-state index contributed by atoms with van der Waals surface area (Å²) in [5.74, 6) is 0.299. The number of halogens is 2. The van der Waals surface area contributed by atoms with E-state index in [2.05, 4.69) is 30.8 Å². The quantitative estimate of drug-likeness (QED) is 0.0314. The van der Waals surface area contributed by atoms with Crippen molar-refractivity contribution in [3.8, 4) is 45.8 Å². The highest BCUT2D eigenvalue weighted by Crippen LogP contribution is 2.38. The largest absolute Gasteiger partial charge is 0.488 e. The summed E-state index contributed by atoms with van der Waals surface area (Å²) in [6.45, 7) is 6.10. The summed E-state index contributed by atoms with van der Waals surface area (Å²) in [5.41, 5.74) is 5.07. The zero-order valence-electron chi connectivity index (χ0n) is 42.0. The third kappa shape index (κ3) is 12.8. The number of aromatic nitrogens is 6. The lowest BCUT2D eigenvalue weighted by Crippen LogP contribution is -2.52. The Morgan fingerprint density at radius 3 is 1.30 bits per heavy atom. The monoisotopic (exact) mass is 1070 g/mol. The van der Waals surface area contributed by atoms with Gasteiger partial charge in [-0.15, -0.1) is 0 Å². The van der Waals surface area contributed by atoms with Gasteiger partial charge in [0, 0.05) is 84.7 Å². The van der Waals surface area contributed by atoms with E-state index in [-0.39, 0.29) is 49.6 Å². The number of rotatable bonds is 25. The number of aliphatic hydroxyl groups is 2. The molecule has 2 atom stereocenters. The molecule has 20 heteroatoms. The average molecular weight is 1070 g/mol. The van der Waals surface area contributed by atoms with E-state index in [1.165, 1.54) is 13.8 Å². The van der Waals surface area contributed by atoms with Crippen molar-refractivity contribution in [2.24, 2.45) is 0 Å². The number of carbonyl (C=O) groups is 2. The molecule has 0 amide bonds. The highest BCUT2D eigenvalue weighted by Gasteiger charge is 2.33. The Hall–Kier alpha value is -7.84. The summed E-state index contributed by atoms with van der Waals surface area (Å²) in [6, 6.07) is 29.6. The lowest BCUT2D eigenvalue weighted by molar-refractivity contribution is -0.146. The molecule has 76 heavy (non-hydrogen) atoms. The number of aliphatic carboxylic acids is 2. The topological polar surface area (TPSA) is 237 Å². The van der Waals surface area contributed by atoms with Crippen molar-refractivity contribution in [3.05, 3.63) is 189 Å². The summed E-state index contributed by atoms with van der Waals surface area (Å²) < 4.78 is 28.7. The first-order chi connectivity index (χ1) is 36.6. The van der Waals surface area contributed by atoms with Gasteiger partial charge in [0.2, 0.25) is 0 Å². The summed E-state index contributed by atoms with van der Waals surface area (Å²) in [5, 5.41) is 54.2. The molecule has 394 valence electrons. The number of hydrogen-bond donors (Lipinski definition) is 6. The van der Waals surface area contributed by atoms with Gasteiger partial charge in [-0.2, -0.15) is 10.2 Å². The third-order valence-electron chi connectivity index (χ3n) is 13.0. The fourth-order valence-electron chi connectivity index (χ4n) is 7.88. The van der Waals surface area contributed by atoms with Crippen LogP contribution in [0.1, 0.15) is 58.4 Å². The predicted octanol–water partition coefficient (Wildman–Crippen LogP) is 8.61. The number of carboxylic acids is 2. The smallest absolute Gasteiger partial charge is 0.326 e. The molecule has 0 aliphatic carbocycles. The maximum atomic E-state index is 12.0. The molecule has 0 fully saturated rings. The molecule has 8 aromatic rings. The van der Waals surface area contributed by atoms with Gasteiger partial charge in [-0.25, -0.2) is 19.3 Å². The Morgan fingerprint density at radius 1 is 0.553 bits per heavy atom. The summed E-state index contributed by atoms with van der Waals surface area (Å²) in [4.78, 5) is 33.0. The Kier molecular flexibility index (Phi) is 17.3. The van der Waals surface area contributed by atoms with Crippen LogP contribution in [0, 0.1) is 13.8 Å². The van der Waals surface area contributed by atoms with Gasteiger partial charge >= 0.3 is 11.9 Å². The van der Waals surface area contributed by atoms with Crippen LogP contribution in [-0.2, 0) is 49.1 Å². The van der Waals surface area contributed by atoms with Crippen LogP contribution in [0.4, 0.5) is 0 Å². The van der Waals surface area contributed by atoms with E-state index in [0.717, 1.165) is 44.5 Å². The van der Waals surface area contributed by atoms with Crippen LogP contribution in [0.5, 0.6) is 23.0 Å². The SMILES string of the molecule is Cc1c(COc2cc(OCc3ccc(-n4cccn4)nc3)c(CN[C@@](C)(CO)C(=O)O)cc2Cl)cccc1-c1cccc(COc2cc(OCc3ccc(-n4cccn4)nc3)c(CN[C@@](C)(CO)C(=O)O)cc2Cl)c1C. The number of nitrogens with one attached hydrogen (secondary N) is 2. The van der Waals surface area contributed by atoms with Gasteiger partial charge in [-0.1, -0.05) is 71.7 Å². The van der Waals surface area contributed by atoms with Gasteiger partial charge in [-0.3, -0.25) is 20.2 Å². The summed E-state index contributed by atoms with van der Waals surface area (Å²) >= 11 is 13.7.